The molecule has 2 rings (SSSR count). The SMILES string of the molecule is CCC(=O)Nc1ccc(OC)cc1NC(=O)C(C)N1CC(C)OC(C)C1. The molecule has 0 aliphatic carbocycles. The van der Waals surface area contributed by atoms with Crippen molar-refractivity contribution in [2.45, 2.75) is 52.4 Å². The van der Waals surface area contributed by atoms with Gasteiger partial charge >= 0.3 is 0 Å². The Morgan fingerprint density at radius 1 is 1.23 bits per heavy atom. The summed E-state index contributed by atoms with van der Waals surface area (Å²) in [6.45, 7) is 9.08. The summed E-state index contributed by atoms with van der Waals surface area (Å²) in [5.74, 6) is 0.358. The van der Waals surface area contributed by atoms with Gasteiger partial charge in [0, 0.05) is 25.6 Å². The predicted octanol–water partition coefficient (Wildman–Crippen LogP) is 2.48. The van der Waals surface area contributed by atoms with E-state index in [1.165, 1.54) is 0 Å². The van der Waals surface area contributed by atoms with Gasteiger partial charge in [0.05, 0.1) is 36.7 Å². The zero-order chi connectivity index (χ0) is 19.3. The van der Waals surface area contributed by atoms with E-state index in [0.717, 1.165) is 0 Å². The number of carbonyl (C=O) groups is 2. The smallest absolute Gasteiger partial charge is 0.241 e. The second-order valence-electron chi connectivity index (χ2n) is 6.69. The van der Waals surface area contributed by atoms with Gasteiger partial charge < -0.3 is 20.1 Å². The number of benzene rings is 1. The lowest BCUT2D eigenvalue weighted by Crippen LogP contribution is -2.52. The maximum atomic E-state index is 12.8. The van der Waals surface area contributed by atoms with Crippen LogP contribution in [0, 0.1) is 0 Å². The van der Waals surface area contributed by atoms with E-state index in [2.05, 4.69) is 15.5 Å². The number of ether oxygens (including phenoxy) is 2. The van der Waals surface area contributed by atoms with Crippen molar-refractivity contribution in [2.24, 2.45) is 0 Å². The Bertz CT molecular complexity index is 640. The summed E-state index contributed by atoms with van der Waals surface area (Å²) in [5, 5.41) is 5.73. The summed E-state index contributed by atoms with van der Waals surface area (Å²) in [6.07, 6.45) is 0.537. The number of amides is 2. The van der Waals surface area contributed by atoms with Crippen molar-refractivity contribution in [3.63, 3.8) is 0 Å². The molecule has 0 saturated carbocycles. The molecule has 0 radical (unpaired) electrons. The van der Waals surface area contributed by atoms with Crippen LogP contribution in [0.4, 0.5) is 11.4 Å². The first kappa shape index (κ1) is 20.2. The van der Waals surface area contributed by atoms with Gasteiger partial charge in [0.25, 0.3) is 0 Å². The Kier molecular flexibility index (Phi) is 6.99. The number of nitrogens with zero attached hydrogens (tertiary/aromatic N) is 1. The van der Waals surface area contributed by atoms with Crippen LogP contribution >= 0.6 is 0 Å². The van der Waals surface area contributed by atoms with Crippen molar-refractivity contribution in [1.82, 2.24) is 4.90 Å². The van der Waals surface area contributed by atoms with Crippen molar-refractivity contribution in [3.8, 4) is 5.75 Å². The highest BCUT2D eigenvalue weighted by Gasteiger charge is 2.29. The molecule has 1 aromatic rings. The van der Waals surface area contributed by atoms with E-state index in [1.807, 2.05) is 20.8 Å². The van der Waals surface area contributed by atoms with E-state index in [-0.39, 0.29) is 30.1 Å². The van der Waals surface area contributed by atoms with E-state index in [4.69, 9.17) is 9.47 Å². The number of rotatable bonds is 6. The van der Waals surface area contributed by atoms with E-state index < -0.39 is 0 Å². The molecule has 1 aliphatic rings. The third kappa shape index (κ3) is 5.19. The van der Waals surface area contributed by atoms with Gasteiger partial charge in [-0.2, -0.15) is 0 Å². The minimum absolute atomic E-state index is 0.0882. The highest BCUT2D eigenvalue weighted by molar-refractivity contribution is 6.01. The molecule has 7 nitrogen and oxygen atoms in total. The number of morpholine rings is 1. The zero-order valence-electron chi connectivity index (χ0n) is 16.2. The minimum Gasteiger partial charge on any atom is -0.497 e. The number of methoxy groups -OCH3 is 1. The Balaban J connectivity index is 2.14. The van der Waals surface area contributed by atoms with Crippen LogP contribution in [-0.4, -0.2) is 55.2 Å². The Morgan fingerprint density at radius 2 is 1.88 bits per heavy atom. The fraction of sp³-hybridized carbons (Fsp3) is 0.579. The lowest BCUT2D eigenvalue weighted by molar-refractivity contribution is -0.127. The lowest BCUT2D eigenvalue weighted by atomic mass is 10.1. The minimum atomic E-state index is -0.315. The monoisotopic (exact) mass is 363 g/mol. The molecular weight excluding hydrogens is 334 g/mol. The molecule has 0 aromatic heterocycles. The van der Waals surface area contributed by atoms with Crippen molar-refractivity contribution >= 4 is 23.2 Å². The molecule has 0 bridgehead atoms. The van der Waals surface area contributed by atoms with Crippen molar-refractivity contribution < 1.29 is 19.1 Å². The van der Waals surface area contributed by atoms with Crippen LogP contribution in [0.2, 0.25) is 0 Å². The van der Waals surface area contributed by atoms with Crippen molar-refractivity contribution in [3.05, 3.63) is 18.2 Å². The Morgan fingerprint density at radius 3 is 2.46 bits per heavy atom. The molecule has 2 amide bonds. The molecule has 1 heterocycles. The first-order valence-electron chi connectivity index (χ1n) is 9.02. The molecule has 26 heavy (non-hydrogen) atoms. The molecule has 7 heteroatoms. The average molecular weight is 363 g/mol. The van der Waals surface area contributed by atoms with Crippen LogP contribution in [0.25, 0.3) is 0 Å². The van der Waals surface area contributed by atoms with Gasteiger partial charge in [-0.15, -0.1) is 0 Å². The molecule has 3 atom stereocenters. The Labute approximate surface area is 155 Å². The van der Waals surface area contributed by atoms with Gasteiger partial charge in [0.15, 0.2) is 0 Å². The summed E-state index contributed by atoms with van der Waals surface area (Å²) >= 11 is 0. The molecule has 1 aromatic carbocycles. The molecule has 3 unspecified atom stereocenters. The van der Waals surface area contributed by atoms with Crippen molar-refractivity contribution in [1.29, 1.82) is 0 Å². The largest absolute Gasteiger partial charge is 0.497 e. The molecule has 1 saturated heterocycles. The maximum Gasteiger partial charge on any atom is 0.241 e. The number of anilines is 2. The lowest BCUT2D eigenvalue weighted by Gasteiger charge is -2.38. The third-order valence-corrected chi connectivity index (χ3v) is 4.45. The summed E-state index contributed by atoms with van der Waals surface area (Å²) in [4.78, 5) is 26.6. The number of nitrogens with one attached hydrogen (secondary N) is 2. The van der Waals surface area contributed by atoms with Gasteiger partial charge in [0.1, 0.15) is 5.75 Å². The fourth-order valence-corrected chi connectivity index (χ4v) is 3.04. The second kappa shape index (κ2) is 9.00. The Hall–Kier alpha value is -2.12. The van der Waals surface area contributed by atoms with Crippen molar-refractivity contribution in [2.75, 3.05) is 30.8 Å². The summed E-state index contributed by atoms with van der Waals surface area (Å²) in [5.41, 5.74) is 1.08. The fourth-order valence-electron chi connectivity index (χ4n) is 3.04. The van der Waals surface area contributed by atoms with Crippen LogP contribution in [0.3, 0.4) is 0 Å². The molecule has 1 fully saturated rings. The van der Waals surface area contributed by atoms with Crippen LogP contribution < -0.4 is 15.4 Å². The van der Waals surface area contributed by atoms with Crippen LogP contribution in [0.5, 0.6) is 5.75 Å². The van der Waals surface area contributed by atoms with Crippen LogP contribution in [-0.2, 0) is 14.3 Å². The van der Waals surface area contributed by atoms with E-state index in [0.29, 0.717) is 36.6 Å². The number of carbonyl (C=O) groups excluding carboxylic acids is 2. The average Bonchev–Trinajstić information content (AvgIpc) is 2.61. The number of hydrogen-bond donors (Lipinski definition) is 2. The summed E-state index contributed by atoms with van der Waals surface area (Å²) < 4.78 is 11.0. The predicted molar refractivity (Wildman–Crippen MR) is 102 cm³/mol. The molecular formula is C19H29N3O4. The zero-order valence-corrected chi connectivity index (χ0v) is 16.2. The van der Waals surface area contributed by atoms with E-state index in [1.54, 1.807) is 32.2 Å². The van der Waals surface area contributed by atoms with Crippen LogP contribution in [0.1, 0.15) is 34.1 Å². The topological polar surface area (TPSA) is 79.9 Å². The second-order valence-corrected chi connectivity index (χ2v) is 6.69. The van der Waals surface area contributed by atoms with Gasteiger partial charge in [-0.3, -0.25) is 14.5 Å². The summed E-state index contributed by atoms with van der Waals surface area (Å²) in [6, 6.07) is 4.87. The highest BCUT2D eigenvalue weighted by atomic mass is 16.5. The standard InChI is InChI=1S/C19H29N3O4/c1-6-18(23)20-16-8-7-15(25-5)9-17(16)21-19(24)14(4)22-10-12(2)26-13(3)11-22/h7-9,12-14H,6,10-11H2,1-5H3,(H,20,23)(H,21,24). The van der Waals surface area contributed by atoms with Gasteiger partial charge in [-0.25, -0.2) is 0 Å². The van der Waals surface area contributed by atoms with E-state index in [9.17, 15) is 9.59 Å². The summed E-state index contributed by atoms with van der Waals surface area (Å²) in [7, 11) is 1.56. The first-order chi connectivity index (χ1) is 12.3. The van der Waals surface area contributed by atoms with Crippen LogP contribution in [0.15, 0.2) is 18.2 Å². The van der Waals surface area contributed by atoms with Gasteiger partial charge in [0.2, 0.25) is 11.8 Å². The molecule has 1 aliphatic heterocycles. The third-order valence-electron chi connectivity index (χ3n) is 4.45. The molecule has 2 N–H and O–H groups in total. The molecule has 144 valence electrons. The molecule has 0 spiro atoms. The van der Waals surface area contributed by atoms with Gasteiger partial charge in [-0.05, 0) is 32.9 Å². The quantitative estimate of drug-likeness (QED) is 0.812. The maximum absolute atomic E-state index is 12.8. The number of hydrogen-bond acceptors (Lipinski definition) is 5. The van der Waals surface area contributed by atoms with Gasteiger partial charge in [-0.1, -0.05) is 6.92 Å². The highest BCUT2D eigenvalue weighted by Crippen LogP contribution is 2.28. The van der Waals surface area contributed by atoms with E-state index >= 15 is 0 Å². The normalized spacial score (nSPS) is 21.7. The first-order valence-corrected chi connectivity index (χ1v) is 9.02.